The summed E-state index contributed by atoms with van der Waals surface area (Å²) in [5, 5.41) is 4.74. The number of halogens is 2. The van der Waals surface area contributed by atoms with Gasteiger partial charge in [-0.2, -0.15) is 5.10 Å². The highest BCUT2D eigenvalue weighted by atomic mass is 35.5. The summed E-state index contributed by atoms with van der Waals surface area (Å²) in [5.74, 6) is 0.698. The molecule has 1 N–H and O–H groups in total. The summed E-state index contributed by atoms with van der Waals surface area (Å²) in [7, 11) is 0. The molecule has 2 aromatic carbocycles. The van der Waals surface area contributed by atoms with E-state index in [0.29, 0.717) is 22.4 Å². The first-order chi connectivity index (χ1) is 12.5. The van der Waals surface area contributed by atoms with Gasteiger partial charge in [-0.05, 0) is 55.0 Å². The first-order valence-electron chi connectivity index (χ1n) is 7.78. The van der Waals surface area contributed by atoms with Crippen molar-refractivity contribution in [3.8, 4) is 11.5 Å². The van der Waals surface area contributed by atoms with Gasteiger partial charge in [0.2, 0.25) is 0 Å². The molecule has 0 spiro atoms. The van der Waals surface area contributed by atoms with Gasteiger partial charge < -0.3 is 9.47 Å². The number of hydrogen-bond acceptors (Lipinski definition) is 4. The first-order valence-corrected chi connectivity index (χ1v) is 8.53. The molecule has 1 amide bonds. The molecule has 0 aromatic heterocycles. The maximum Gasteiger partial charge on any atom is 0.280 e. The van der Waals surface area contributed by atoms with E-state index in [1.165, 1.54) is 6.21 Å². The number of carbonyl (C=O) groups is 1. The first kappa shape index (κ1) is 19.8. The second kappa shape index (κ2) is 9.85. The Balaban J connectivity index is 1.86. The largest absolute Gasteiger partial charge is 0.490 e. The average molecular weight is 393 g/mol. The number of amides is 1. The number of nitrogens with zero attached hydrogens (tertiary/aromatic N) is 1. The molecule has 0 aliphatic heterocycles. The zero-order chi connectivity index (χ0) is 18.9. The number of nitrogens with one attached hydrogen (secondary N) is 1. The van der Waals surface area contributed by atoms with E-state index in [2.05, 4.69) is 17.1 Å². The Morgan fingerprint density at radius 3 is 2.65 bits per heavy atom. The molecule has 136 valence electrons. The summed E-state index contributed by atoms with van der Waals surface area (Å²) in [4.78, 5) is 12.0. The third-order valence-electron chi connectivity index (χ3n) is 3.20. The smallest absolute Gasteiger partial charge is 0.280 e. The number of hydrogen-bond donors (Lipinski definition) is 1. The Hall–Kier alpha value is -2.50. The molecular formula is C19H18Cl2N2O3. The van der Waals surface area contributed by atoms with Crippen LogP contribution in [0.25, 0.3) is 0 Å². The Morgan fingerprint density at radius 1 is 1.27 bits per heavy atom. The van der Waals surface area contributed by atoms with E-state index < -0.39 is 12.0 Å². The summed E-state index contributed by atoms with van der Waals surface area (Å²) < 4.78 is 10.9. The predicted molar refractivity (Wildman–Crippen MR) is 104 cm³/mol. The summed E-state index contributed by atoms with van der Waals surface area (Å²) in [6, 6.07) is 12.0. The van der Waals surface area contributed by atoms with Gasteiger partial charge in [-0.1, -0.05) is 35.9 Å². The zero-order valence-electron chi connectivity index (χ0n) is 14.1. The van der Waals surface area contributed by atoms with Crippen LogP contribution in [0, 0.1) is 0 Å². The SMILES string of the molecule is C=CCOc1ccc(/C=N\NC(=O)C(C)Oc2ccc(Cl)cc2Cl)cc1. The second-order valence-electron chi connectivity index (χ2n) is 5.24. The Bertz CT molecular complexity index is 792. The highest BCUT2D eigenvalue weighted by Gasteiger charge is 2.15. The Morgan fingerprint density at radius 2 is 2.00 bits per heavy atom. The standard InChI is InChI=1S/C19H18Cl2N2O3/c1-3-10-25-16-7-4-14(5-8-16)12-22-23-19(24)13(2)26-18-9-6-15(20)11-17(18)21/h3-9,11-13H,1,10H2,2H3,(H,23,24)/b22-12-. The quantitative estimate of drug-likeness (QED) is 0.409. The van der Waals surface area contributed by atoms with E-state index >= 15 is 0 Å². The van der Waals surface area contributed by atoms with Crippen molar-refractivity contribution in [1.82, 2.24) is 5.43 Å². The number of hydrazone groups is 1. The Kier molecular flexibility index (Phi) is 7.51. The van der Waals surface area contributed by atoms with Gasteiger partial charge in [-0.15, -0.1) is 0 Å². The van der Waals surface area contributed by atoms with Gasteiger partial charge >= 0.3 is 0 Å². The molecule has 0 bridgehead atoms. The molecule has 0 fully saturated rings. The lowest BCUT2D eigenvalue weighted by atomic mass is 10.2. The van der Waals surface area contributed by atoms with Crippen LogP contribution >= 0.6 is 23.2 Å². The topological polar surface area (TPSA) is 59.9 Å². The van der Waals surface area contributed by atoms with Crippen LogP contribution in [0.2, 0.25) is 10.0 Å². The highest BCUT2D eigenvalue weighted by molar-refractivity contribution is 6.35. The molecule has 2 aromatic rings. The van der Waals surface area contributed by atoms with Crippen LogP contribution in [0.5, 0.6) is 11.5 Å². The van der Waals surface area contributed by atoms with Gasteiger partial charge in [-0.3, -0.25) is 4.79 Å². The molecule has 1 unspecified atom stereocenters. The van der Waals surface area contributed by atoms with E-state index in [1.807, 2.05) is 12.1 Å². The molecule has 0 saturated carbocycles. The van der Waals surface area contributed by atoms with E-state index in [1.54, 1.807) is 43.3 Å². The van der Waals surface area contributed by atoms with Crippen molar-refractivity contribution in [2.45, 2.75) is 13.0 Å². The van der Waals surface area contributed by atoms with E-state index in [4.69, 9.17) is 32.7 Å². The van der Waals surface area contributed by atoms with Crippen LogP contribution in [0.1, 0.15) is 12.5 Å². The number of benzene rings is 2. The minimum Gasteiger partial charge on any atom is -0.490 e. The van der Waals surface area contributed by atoms with Gasteiger partial charge in [0.1, 0.15) is 18.1 Å². The zero-order valence-corrected chi connectivity index (χ0v) is 15.6. The van der Waals surface area contributed by atoms with Gasteiger partial charge in [0.25, 0.3) is 5.91 Å². The minimum atomic E-state index is -0.777. The molecule has 0 radical (unpaired) electrons. The maximum atomic E-state index is 12.0. The number of carbonyl (C=O) groups excluding carboxylic acids is 1. The number of rotatable bonds is 8. The third-order valence-corrected chi connectivity index (χ3v) is 3.73. The van der Waals surface area contributed by atoms with Crippen molar-refractivity contribution in [2.75, 3.05) is 6.61 Å². The second-order valence-corrected chi connectivity index (χ2v) is 6.08. The van der Waals surface area contributed by atoms with E-state index in [-0.39, 0.29) is 0 Å². The molecule has 26 heavy (non-hydrogen) atoms. The third kappa shape index (κ3) is 6.10. The van der Waals surface area contributed by atoms with Crippen molar-refractivity contribution < 1.29 is 14.3 Å². The van der Waals surface area contributed by atoms with Crippen LogP contribution in [0.4, 0.5) is 0 Å². The fourth-order valence-corrected chi connectivity index (χ4v) is 2.33. The maximum absolute atomic E-state index is 12.0. The van der Waals surface area contributed by atoms with Crippen molar-refractivity contribution in [1.29, 1.82) is 0 Å². The van der Waals surface area contributed by atoms with Crippen LogP contribution in [-0.2, 0) is 4.79 Å². The van der Waals surface area contributed by atoms with Crippen LogP contribution in [0.3, 0.4) is 0 Å². The lowest BCUT2D eigenvalue weighted by molar-refractivity contribution is -0.127. The average Bonchev–Trinajstić information content (AvgIpc) is 2.63. The molecule has 0 aliphatic rings. The fraction of sp³-hybridized carbons (Fsp3) is 0.158. The molecule has 1 atom stereocenters. The molecule has 7 heteroatoms. The van der Waals surface area contributed by atoms with Crippen molar-refractivity contribution in [3.05, 3.63) is 70.7 Å². The molecule has 0 aliphatic carbocycles. The molecule has 0 heterocycles. The van der Waals surface area contributed by atoms with E-state index in [9.17, 15) is 4.79 Å². The summed E-state index contributed by atoms with van der Waals surface area (Å²) in [5.41, 5.74) is 3.23. The molecule has 5 nitrogen and oxygen atoms in total. The predicted octanol–water partition coefficient (Wildman–Crippen LogP) is 4.48. The molecular weight excluding hydrogens is 375 g/mol. The fourth-order valence-electron chi connectivity index (χ4n) is 1.88. The Labute approximate surface area is 162 Å². The molecule has 0 saturated heterocycles. The number of ether oxygens (including phenoxy) is 2. The monoisotopic (exact) mass is 392 g/mol. The highest BCUT2D eigenvalue weighted by Crippen LogP contribution is 2.28. The molecule has 2 rings (SSSR count). The van der Waals surface area contributed by atoms with Gasteiger partial charge in [0.15, 0.2) is 6.10 Å². The van der Waals surface area contributed by atoms with Gasteiger partial charge in [0, 0.05) is 5.02 Å². The minimum absolute atomic E-state index is 0.333. The van der Waals surface area contributed by atoms with Crippen LogP contribution in [0.15, 0.2) is 60.2 Å². The normalized spacial score (nSPS) is 11.8. The van der Waals surface area contributed by atoms with Crippen molar-refractivity contribution >= 4 is 35.3 Å². The lowest BCUT2D eigenvalue weighted by Crippen LogP contribution is -2.33. The van der Waals surface area contributed by atoms with Crippen LogP contribution < -0.4 is 14.9 Å². The summed E-state index contributed by atoms with van der Waals surface area (Å²) in [6.07, 6.45) is 2.42. The van der Waals surface area contributed by atoms with Gasteiger partial charge in [-0.25, -0.2) is 5.43 Å². The summed E-state index contributed by atoms with van der Waals surface area (Å²) >= 11 is 11.8. The van der Waals surface area contributed by atoms with E-state index in [0.717, 1.165) is 11.3 Å². The van der Waals surface area contributed by atoms with Gasteiger partial charge in [0.05, 0.1) is 11.2 Å². The van der Waals surface area contributed by atoms with Crippen molar-refractivity contribution in [3.63, 3.8) is 0 Å². The van der Waals surface area contributed by atoms with Crippen molar-refractivity contribution in [2.24, 2.45) is 5.10 Å². The van der Waals surface area contributed by atoms with Crippen LogP contribution in [-0.4, -0.2) is 24.8 Å². The summed E-state index contributed by atoms with van der Waals surface area (Å²) in [6.45, 7) is 5.63. The lowest BCUT2D eigenvalue weighted by Gasteiger charge is -2.14.